The van der Waals surface area contributed by atoms with Crippen LogP contribution in [0.3, 0.4) is 0 Å². The summed E-state index contributed by atoms with van der Waals surface area (Å²) >= 11 is 0. The van der Waals surface area contributed by atoms with Crippen molar-refractivity contribution in [3.8, 4) is 11.5 Å². The highest BCUT2D eigenvalue weighted by atomic mass is 31.2. The Bertz CT molecular complexity index is 537. The van der Waals surface area contributed by atoms with Gasteiger partial charge in [0.1, 0.15) is 0 Å². The van der Waals surface area contributed by atoms with Crippen LogP contribution in [-0.2, 0) is 13.6 Å². The number of benzene rings is 1. The van der Waals surface area contributed by atoms with Gasteiger partial charge in [-0.25, -0.2) is 0 Å². The van der Waals surface area contributed by atoms with Crippen molar-refractivity contribution in [1.82, 2.24) is 0 Å². The van der Waals surface area contributed by atoms with Crippen molar-refractivity contribution in [1.29, 1.82) is 0 Å². The van der Waals surface area contributed by atoms with Gasteiger partial charge in [-0.3, -0.25) is 4.57 Å². The van der Waals surface area contributed by atoms with Crippen LogP contribution in [0.2, 0.25) is 0 Å². The number of rotatable bonds is 8. The van der Waals surface area contributed by atoms with E-state index in [-0.39, 0.29) is 12.2 Å². The SMILES string of the molecule is COc1ccc(/C=C/P(=O)(OC(C)C)OC(C)C)cc1OC. The second-order valence-corrected chi connectivity index (χ2v) is 7.08. The Morgan fingerprint density at radius 3 is 1.95 bits per heavy atom. The summed E-state index contributed by atoms with van der Waals surface area (Å²) in [6.07, 6.45) is 1.31. The minimum Gasteiger partial charge on any atom is -0.493 e. The largest absolute Gasteiger partial charge is 0.493 e. The lowest BCUT2D eigenvalue weighted by Gasteiger charge is -2.19. The molecule has 0 spiro atoms. The van der Waals surface area contributed by atoms with Crippen LogP contribution < -0.4 is 9.47 Å². The molecule has 1 aromatic carbocycles. The van der Waals surface area contributed by atoms with E-state index in [0.29, 0.717) is 11.5 Å². The van der Waals surface area contributed by atoms with E-state index in [1.165, 1.54) is 5.82 Å². The fourth-order valence-corrected chi connectivity index (χ4v) is 3.54. The molecular formula is C16H25O5P. The molecule has 0 saturated carbocycles. The smallest absolute Gasteiger partial charge is 0.354 e. The molecule has 0 saturated heterocycles. The van der Waals surface area contributed by atoms with Crippen LogP contribution in [-0.4, -0.2) is 26.4 Å². The zero-order valence-electron chi connectivity index (χ0n) is 14.0. The van der Waals surface area contributed by atoms with Gasteiger partial charge in [-0.05, 0) is 51.5 Å². The van der Waals surface area contributed by atoms with Crippen molar-refractivity contribution in [2.75, 3.05) is 14.2 Å². The van der Waals surface area contributed by atoms with E-state index < -0.39 is 7.60 Å². The number of methoxy groups -OCH3 is 2. The quantitative estimate of drug-likeness (QED) is 0.646. The first kappa shape index (κ1) is 18.8. The summed E-state index contributed by atoms with van der Waals surface area (Å²) in [5.74, 6) is 2.72. The third-order valence-electron chi connectivity index (χ3n) is 2.57. The van der Waals surface area contributed by atoms with E-state index in [1.54, 1.807) is 32.4 Å². The van der Waals surface area contributed by atoms with Gasteiger partial charge >= 0.3 is 7.60 Å². The summed E-state index contributed by atoms with van der Waals surface area (Å²) in [5.41, 5.74) is 0.817. The molecule has 0 radical (unpaired) electrons. The third kappa shape index (κ3) is 5.84. The summed E-state index contributed by atoms with van der Waals surface area (Å²) < 4.78 is 34.1. The normalized spacial score (nSPS) is 12.4. The molecular weight excluding hydrogens is 303 g/mol. The molecule has 0 unspecified atom stereocenters. The van der Waals surface area contributed by atoms with Gasteiger partial charge in [0.25, 0.3) is 0 Å². The van der Waals surface area contributed by atoms with E-state index in [9.17, 15) is 4.57 Å². The average molecular weight is 328 g/mol. The van der Waals surface area contributed by atoms with Crippen molar-refractivity contribution >= 4 is 13.7 Å². The molecule has 0 aromatic heterocycles. The van der Waals surface area contributed by atoms with Crippen LogP contribution in [0.1, 0.15) is 33.3 Å². The Balaban J connectivity index is 3.02. The standard InChI is InChI=1S/C16H25O5P/c1-12(2)20-22(17,21-13(3)4)10-9-14-7-8-15(18-5)16(11-14)19-6/h7-13H,1-6H3/b10-9+. The molecule has 0 atom stereocenters. The van der Waals surface area contributed by atoms with E-state index >= 15 is 0 Å². The first-order valence-electron chi connectivity index (χ1n) is 7.17. The molecule has 0 amide bonds. The molecule has 1 rings (SSSR count). The summed E-state index contributed by atoms with van der Waals surface area (Å²) in [7, 11) is -0.145. The number of ether oxygens (including phenoxy) is 2. The van der Waals surface area contributed by atoms with E-state index in [4.69, 9.17) is 18.5 Å². The van der Waals surface area contributed by atoms with Crippen molar-refractivity contribution in [3.05, 3.63) is 29.6 Å². The third-order valence-corrected chi connectivity index (χ3v) is 4.52. The number of hydrogen-bond acceptors (Lipinski definition) is 5. The zero-order chi connectivity index (χ0) is 16.8. The zero-order valence-corrected chi connectivity index (χ0v) is 14.9. The van der Waals surface area contributed by atoms with Gasteiger partial charge in [-0.15, -0.1) is 0 Å². The lowest BCUT2D eigenvalue weighted by molar-refractivity contribution is 0.149. The molecule has 0 N–H and O–H groups in total. The van der Waals surface area contributed by atoms with Gasteiger partial charge in [0.15, 0.2) is 11.5 Å². The summed E-state index contributed by atoms with van der Waals surface area (Å²) in [6.45, 7) is 7.28. The van der Waals surface area contributed by atoms with Crippen molar-refractivity contribution < 1.29 is 23.1 Å². The fourth-order valence-electron chi connectivity index (χ4n) is 1.82. The molecule has 0 aliphatic rings. The molecule has 0 bridgehead atoms. The summed E-state index contributed by atoms with van der Waals surface area (Å²) in [6, 6.07) is 5.42. The average Bonchev–Trinajstić information content (AvgIpc) is 2.43. The van der Waals surface area contributed by atoms with Crippen molar-refractivity contribution in [2.45, 2.75) is 39.9 Å². The maximum Gasteiger partial charge on any atom is 0.354 e. The van der Waals surface area contributed by atoms with E-state index in [2.05, 4.69) is 0 Å². The van der Waals surface area contributed by atoms with Crippen LogP contribution in [0.5, 0.6) is 11.5 Å². The summed E-state index contributed by atoms with van der Waals surface area (Å²) in [5, 5.41) is 0. The van der Waals surface area contributed by atoms with Crippen LogP contribution in [0.4, 0.5) is 0 Å². The van der Waals surface area contributed by atoms with E-state index in [0.717, 1.165) is 5.56 Å². The lowest BCUT2D eigenvalue weighted by atomic mass is 10.2. The molecule has 0 aliphatic carbocycles. The van der Waals surface area contributed by atoms with Gasteiger partial charge in [0, 0.05) is 5.82 Å². The van der Waals surface area contributed by atoms with Crippen LogP contribution in [0.25, 0.3) is 6.08 Å². The number of hydrogen-bond donors (Lipinski definition) is 0. The molecule has 6 heteroatoms. The Labute approximate surface area is 132 Å². The highest BCUT2D eigenvalue weighted by Gasteiger charge is 2.24. The monoisotopic (exact) mass is 328 g/mol. The van der Waals surface area contributed by atoms with Gasteiger partial charge in [0.2, 0.25) is 0 Å². The maximum absolute atomic E-state index is 12.7. The first-order valence-corrected chi connectivity index (χ1v) is 8.78. The highest BCUT2D eigenvalue weighted by molar-refractivity contribution is 7.57. The van der Waals surface area contributed by atoms with E-state index in [1.807, 2.05) is 33.8 Å². The molecule has 124 valence electrons. The minimum absolute atomic E-state index is 0.195. The minimum atomic E-state index is -3.29. The first-order chi connectivity index (χ1) is 10.3. The molecule has 22 heavy (non-hydrogen) atoms. The van der Waals surface area contributed by atoms with Crippen molar-refractivity contribution in [2.24, 2.45) is 0 Å². The summed E-state index contributed by atoms with van der Waals surface area (Å²) in [4.78, 5) is 0. The predicted octanol–water partition coefficient (Wildman–Crippen LogP) is 4.72. The van der Waals surface area contributed by atoms with Gasteiger partial charge in [-0.2, -0.15) is 0 Å². The molecule has 0 aliphatic heterocycles. The molecule has 5 nitrogen and oxygen atoms in total. The Morgan fingerprint density at radius 2 is 1.50 bits per heavy atom. The maximum atomic E-state index is 12.7. The topological polar surface area (TPSA) is 54.0 Å². The molecule has 0 heterocycles. The van der Waals surface area contributed by atoms with Crippen LogP contribution >= 0.6 is 7.60 Å². The Kier molecular flexibility index (Phi) is 7.14. The van der Waals surface area contributed by atoms with Crippen LogP contribution in [0, 0.1) is 0 Å². The van der Waals surface area contributed by atoms with Gasteiger partial charge < -0.3 is 18.5 Å². The lowest BCUT2D eigenvalue weighted by Crippen LogP contribution is -2.06. The van der Waals surface area contributed by atoms with Crippen molar-refractivity contribution in [3.63, 3.8) is 0 Å². The molecule has 1 aromatic rings. The van der Waals surface area contributed by atoms with Gasteiger partial charge in [-0.1, -0.05) is 6.07 Å². The fraction of sp³-hybridized carbons (Fsp3) is 0.500. The highest BCUT2D eigenvalue weighted by Crippen LogP contribution is 2.52. The Morgan fingerprint density at radius 1 is 0.955 bits per heavy atom. The van der Waals surface area contributed by atoms with Crippen LogP contribution in [0.15, 0.2) is 24.0 Å². The Hall–Kier alpha value is -1.29. The second kappa shape index (κ2) is 8.37. The molecule has 0 fully saturated rings. The predicted molar refractivity (Wildman–Crippen MR) is 88.6 cm³/mol. The second-order valence-electron chi connectivity index (χ2n) is 5.28. The van der Waals surface area contributed by atoms with Gasteiger partial charge in [0.05, 0.1) is 26.4 Å².